The van der Waals surface area contributed by atoms with Gasteiger partial charge in [-0.25, -0.2) is 4.79 Å². The molecule has 0 radical (unpaired) electrons. The van der Waals surface area contributed by atoms with Gasteiger partial charge in [0.1, 0.15) is 6.04 Å². The summed E-state index contributed by atoms with van der Waals surface area (Å²) in [6.45, 7) is 3.81. The molecule has 2 N–H and O–H groups in total. The van der Waals surface area contributed by atoms with Crippen LogP contribution in [0.5, 0.6) is 0 Å². The van der Waals surface area contributed by atoms with E-state index in [1.807, 2.05) is 13.8 Å². The quantitative estimate of drug-likeness (QED) is 0.857. The number of aromatic nitrogens is 3. The number of ether oxygens (including phenoxy) is 1. The van der Waals surface area contributed by atoms with Crippen LogP contribution in [0.3, 0.4) is 0 Å². The summed E-state index contributed by atoms with van der Waals surface area (Å²) in [7, 11) is 1.25. The highest BCUT2D eigenvalue weighted by molar-refractivity contribution is 6.33. The third kappa shape index (κ3) is 3.89. The number of methoxy groups -OCH3 is 1. The second-order valence-electron chi connectivity index (χ2n) is 5.24. The van der Waals surface area contributed by atoms with E-state index in [0.717, 1.165) is 0 Å². The van der Waals surface area contributed by atoms with Crippen molar-refractivity contribution in [3.05, 3.63) is 29.2 Å². The third-order valence-corrected chi connectivity index (χ3v) is 3.58. The molecule has 0 saturated carbocycles. The molecule has 2 rings (SSSR count). The molecule has 0 aliphatic heterocycles. The lowest BCUT2D eigenvalue weighted by Gasteiger charge is -2.20. The van der Waals surface area contributed by atoms with E-state index in [2.05, 4.69) is 25.6 Å². The summed E-state index contributed by atoms with van der Waals surface area (Å²) in [5, 5.41) is 13.7. The molecule has 0 fully saturated rings. The highest BCUT2D eigenvalue weighted by Crippen LogP contribution is 2.15. The van der Waals surface area contributed by atoms with Crippen molar-refractivity contribution in [2.24, 2.45) is 5.92 Å². The standard InChI is InChI=1S/C14H18ClN5O3/c1-8(2)11(17-14(22)23-3)13(21)16-7-10-18-19-12-9(15)5-4-6-20(10)12/h4-6,8,11H,7H2,1-3H3,(H,16,21)(H,17,22)/t11-/m0/s1. The zero-order valence-corrected chi connectivity index (χ0v) is 13.8. The molecular weight excluding hydrogens is 322 g/mol. The van der Waals surface area contributed by atoms with Crippen molar-refractivity contribution in [3.8, 4) is 0 Å². The summed E-state index contributed by atoms with van der Waals surface area (Å²) in [4.78, 5) is 23.6. The fourth-order valence-electron chi connectivity index (χ4n) is 2.05. The maximum Gasteiger partial charge on any atom is 0.407 e. The van der Waals surface area contributed by atoms with Crippen molar-refractivity contribution in [1.82, 2.24) is 25.2 Å². The first-order chi connectivity index (χ1) is 10.9. The maximum atomic E-state index is 12.3. The molecular formula is C14H18ClN5O3. The van der Waals surface area contributed by atoms with E-state index in [4.69, 9.17) is 11.6 Å². The van der Waals surface area contributed by atoms with Crippen molar-refractivity contribution in [1.29, 1.82) is 0 Å². The fraction of sp³-hybridized carbons (Fsp3) is 0.429. The van der Waals surface area contributed by atoms with Gasteiger partial charge in [0.2, 0.25) is 5.91 Å². The van der Waals surface area contributed by atoms with E-state index in [1.54, 1.807) is 22.7 Å². The highest BCUT2D eigenvalue weighted by atomic mass is 35.5. The lowest BCUT2D eigenvalue weighted by Crippen LogP contribution is -2.49. The Labute approximate surface area is 138 Å². The van der Waals surface area contributed by atoms with E-state index in [-0.39, 0.29) is 18.4 Å². The van der Waals surface area contributed by atoms with Crippen molar-refractivity contribution < 1.29 is 14.3 Å². The molecule has 124 valence electrons. The average Bonchev–Trinajstić information content (AvgIpc) is 2.94. The third-order valence-electron chi connectivity index (χ3n) is 3.29. The molecule has 0 unspecified atom stereocenters. The summed E-state index contributed by atoms with van der Waals surface area (Å²) in [6, 6.07) is 2.77. The number of hydrogen-bond donors (Lipinski definition) is 2. The van der Waals surface area contributed by atoms with Crippen LogP contribution in [-0.2, 0) is 16.1 Å². The predicted molar refractivity (Wildman–Crippen MR) is 84.0 cm³/mol. The molecule has 9 heteroatoms. The highest BCUT2D eigenvalue weighted by Gasteiger charge is 2.24. The fourth-order valence-corrected chi connectivity index (χ4v) is 2.25. The Morgan fingerprint density at radius 2 is 2.13 bits per heavy atom. The monoisotopic (exact) mass is 339 g/mol. The number of hydrogen-bond acceptors (Lipinski definition) is 5. The average molecular weight is 340 g/mol. The van der Waals surface area contributed by atoms with E-state index >= 15 is 0 Å². The smallest absolute Gasteiger partial charge is 0.407 e. The van der Waals surface area contributed by atoms with Crippen LogP contribution in [0, 0.1) is 5.92 Å². The number of pyridine rings is 1. The number of carbonyl (C=O) groups is 2. The Morgan fingerprint density at radius 3 is 2.78 bits per heavy atom. The van der Waals surface area contributed by atoms with Gasteiger partial charge in [-0.3, -0.25) is 9.20 Å². The van der Waals surface area contributed by atoms with Gasteiger partial charge in [-0.2, -0.15) is 0 Å². The SMILES string of the molecule is COC(=O)N[C@H](C(=O)NCc1nnc2c(Cl)cccn12)C(C)C. The Hall–Kier alpha value is -2.35. The van der Waals surface area contributed by atoms with Crippen LogP contribution >= 0.6 is 11.6 Å². The van der Waals surface area contributed by atoms with Gasteiger partial charge in [-0.1, -0.05) is 25.4 Å². The Morgan fingerprint density at radius 1 is 1.39 bits per heavy atom. The predicted octanol–water partition coefficient (Wildman–Crippen LogP) is 1.38. The first-order valence-electron chi connectivity index (χ1n) is 7.04. The summed E-state index contributed by atoms with van der Waals surface area (Å²) >= 11 is 6.03. The molecule has 0 aromatic carbocycles. The Kier molecular flexibility index (Phi) is 5.38. The summed E-state index contributed by atoms with van der Waals surface area (Å²) in [6.07, 6.45) is 1.11. The number of fused-ring (bicyclic) bond motifs is 1. The largest absolute Gasteiger partial charge is 0.453 e. The van der Waals surface area contributed by atoms with Gasteiger partial charge in [0.25, 0.3) is 0 Å². The van der Waals surface area contributed by atoms with Gasteiger partial charge < -0.3 is 15.4 Å². The van der Waals surface area contributed by atoms with Gasteiger partial charge >= 0.3 is 6.09 Å². The molecule has 0 saturated heterocycles. The molecule has 2 heterocycles. The molecule has 1 atom stereocenters. The maximum absolute atomic E-state index is 12.3. The minimum atomic E-state index is -0.703. The molecule has 0 aliphatic rings. The Bertz CT molecular complexity index is 716. The number of nitrogens with one attached hydrogen (secondary N) is 2. The van der Waals surface area contributed by atoms with Gasteiger partial charge in [-0.15, -0.1) is 10.2 Å². The first kappa shape index (κ1) is 17.0. The lowest BCUT2D eigenvalue weighted by atomic mass is 10.0. The summed E-state index contributed by atoms with van der Waals surface area (Å²) < 4.78 is 6.23. The molecule has 0 aliphatic carbocycles. The first-order valence-corrected chi connectivity index (χ1v) is 7.42. The summed E-state index contributed by atoms with van der Waals surface area (Å²) in [5.74, 6) is 0.110. The zero-order valence-electron chi connectivity index (χ0n) is 13.0. The lowest BCUT2D eigenvalue weighted by molar-refractivity contribution is -0.124. The minimum Gasteiger partial charge on any atom is -0.453 e. The van der Waals surface area contributed by atoms with E-state index in [0.29, 0.717) is 16.5 Å². The van der Waals surface area contributed by atoms with Crippen LogP contribution < -0.4 is 10.6 Å². The number of nitrogens with zero attached hydrogens (tertiary/aromatic N) is 3. The molecule has 8 nitrogen and oxygen atoms in total. The van der Waals surface area contributed by atoms with Gasteiger partial charge in [0.05, 0.1) is 18.7 Å². The van der Waals surface area contributed by atoms with Crippen LogP contribution in [0.2, 0.25) is 5.02 Å². The number of halogens is 1. The van der Waals surface area contributed by atoms with Crippen LogP contribution in [0.4, 0.5) is 4.79 Å². The Balaban J connectivity index is 2.07. The molecule has 2 aromatic rings. The van der Waals surface area contributed by atoms with E-state index in [1.165, 1.54) is 7.11 Å². The van der Waals surface area contributed by atoms with Crippen LogP contribution in [0.15, 0.2) is 18.3 Å². The second-order valence-corrected chi connectivity index (χ2v) is 5.65. The number of rotatable bonds is 5. The van der Waals surface area contributed by atoms with Crippen LogP contribution in [-0.4, -0.2) is 39.8 Å². The molecule has 2 aromatic heterocycles. The second kappa shape index (κ2) is 7.28. The summed E-state index contributed by atoms with van der Waals surface area (Å²) in [5.41, 5.74) is 0.520. The molecule has 2 amide bonds. The van der Waals surface area contributed by atoms with E-state index in [9.17, 15) is 9.59 Å². The molecule has 0 spiro atoms. The molecule has 0 bridgehead atoms. The van der Waals surface area contributed by atoms with Crippen LogP contribution in [0.1, 0.15) is 19.7 Å². The zero-order chi connectivity index (χ0) is 17.0. The topological polar surface area (TPSA) is 97.6 Å². The molecule has 23 heavy (non-hydrogen) atoms. The van der Waals surface area contributed by atoms with Crippen molar-refractivity contribution in [3.63, 3.8) is 0 Å². The van der Waals surface area contributed by atoms with Crippen molar-refractivity contribution in [2.45, 2.75) is 26.4 Å². The van der Waals surface area contributed by atoms with Crippen molar-refractivity contribution in [2.75, 3.05) is 7.11 Å². The number of amides is 2. The number of carbonyl (C=O) groups excluding carboxylic acids is 2. The van der Waals surface area contributed by atoms with Crippen LogP contribution in [0.25, 0.3) is 5.65 Å². The minimum absolute atomic E-state index is 0.0984. The number of alkyl carbamates (subject to hydrolysis) is 1. The van der Waals surface area contributed by atoms with Gasteiger partial charge in [-0.05, 0) is 18.1 Å². The van der Waals surface area contributed by atoms with Gasteiger partial charge in [0, 0.05) is 6.20 Å². The normalized spacial score (nSPS) is 12.2. The van der Waals surface area contributed by atoms with Gasteiger partial charge in [0.15, 0.2) is 11.5 Å². The van der Waals surface area contributed by atoms with Crippen molar-refractivity contribution >= 4 is 29.2 Å². The van der Waals surface area contributed by atoms with E-state index < -0.39 is 12.1 Å².